The maximum atomic E-state index is 12.3. The number of anilines is 1. The van der Waals surface area contributed by atoms with Crippen molar-refractivity contribution in [2.75, 3.05) is 5.32 Å². The topological polar surface area (TPSA) is 73.1 Å². The van der Waals surface area contributed by atoms with Crippen molar-refractivity contribution in [1.29, 1.82) is 5.26 Å². The number of hydrogen-bond acceptors (Lipinski definition) is 3. The fraction of sp³-hybridized carbons (Fsp3) is 0.385. The van der Waals surface area contributed by atoms with Crippen LogP contribution in [0, 0.1) is 11.2 Å². The second-order valence-electron chi connectivity index (χ2n) is 5.29. The van der Waals surface area contributed by atoms with Gasteiger partial charge >= 0.3 is 0 Å². The highest BCUT2D eigenvalue weighted by atomic mass is 35.5. The Bertz CT molecular complexity index is 603. The third-order valence-electron chi connectivity index (χ3n) is 4.26. The summed E-state index contributed by atoms with van der Waals surface area (Å²) in [5.41, 5.74) is 0.770. The summed E-state index contributed by atoms with van der Waals surface area (Å²) in [4.78, 5) is 12.3. The second-order valence-corrected chi connectivity index (χ2v) is 5.70. The minimum Gasteiger partial charge on any atom is -0.508 e. The van der Waals surface area contributed by atoms with E-state index in [1.807, 2.05) is 0 Å². The summed E-state index contributed by atoms with van der Waals surface area (Å²) in [7, 11) is 0. The number of rotatable bonds is 0. The summed E-state index contributed by atoms with van der Waals surface area (Å²) in [6.07, 6.45) is 2.68. The van der Waals surface area contributed by atoms with Gasteiger partial charge in [0.25, 0.3) is 6.71 Å². The molecule has 0 aromatic heterocycles. The number of carbonyl (C=O) groups is 1. The van der Waals surface area contributed by atoms with Crippen LogP contribution >= 0.6 is 11.6 Å². The van der Waals surface area contributed by atoms with E-state index in [2.05, 4.69) is 11.3 Å². The zero-order chi connectivity index (χ0) is 13.6. The van der Waals surface area contributed by atoms with Gasteiger partial charge in [-0.15, -0.1) is 0 Å². The molecule has 2 heterocycles. The van der Waals surface area contributed by atoms with Gasteiger partial charge in [-0.2, -0.15) is 0 Å². The number of aromatic hydroxyl groups is 1. The van der Waals surface area contributed by atoms with E-state index < -0.39 is 5.41 Å². The maximum absolute atomic E-state index is 12.3. The highest BCUT2D eigenvalue weighted by Crippen LogP contribution is 2.51. The van der Waals surface area contributed by atoms with Crippen LogP contribution in [0.5, 0.6) is 5.75 Å². The van der Waals surface area contributed by atoms with Crippen LogP contribution in [0.15, 0.2) is 12.1 Å². The van der Waals surface area contributed by atoms with Crippen LogP contribution in [0.25, 0.3) is 0 Å². The fourth-order valence-electron chi connectivity index (χ4n) is 3.25. The molecule has 1 spiro atoms. The normalized spacial score (nSPS) is 20.0. The van der Waals surface area contributed by atoms with Crippen molar-refractivity contribution < 1.29 is 9.90 Å². The first-order valence-electron chi connectivity index (χ1n) is 6.31. The third-order valence-corrected chi connectivity index (χ3v) is 4.56. The first-order valence-corrected chi connectivity index (χ1v) is 6.69. The van der Waals surface area contributed by atoms with Gasteiger partial charge < -0.3 is 10.4 Å². The number of phenols is 1. The van der Waals surface area contributed by atoms with E-state index in [1.165, 1.54) is 12.1 Å². The molecule has 0 radical (unpaired) electrons. The third kappa shape index (κ3) is 1.71. The molecule has 0 aliphatic carbocycles. The Morgan fingerprint density at radius 3 is 2.74 bits per heavy atom. The molecule has 1 aromatic rings. The summed E-state index contributed by atoms with van der Waals surface area (Å²) in [6.45, 7) is 0.0263. The van der Waals surface area contributed by atoms with Gasteiger partial charge in [0.05, 0.1) is 16.1 Å². The smallest absolute Gasteiger partial charge is 0.267 e. The standard InChI is InChI=1S/C13H12BClN2O2/c15-9-5-8(18)6-10-11(9)13(12(19)17-10)1-3-14(7-16)4-2-13/h5-6,18H,1-4H2,(H,17,19). The highest BCUT2D eigenvalue weighted by Gasteiger charge is 2.50. The molecule has 96 valence electrons. The summed E-state index contributed by atoms with van der Waals surface area (Å²) >= 11 is 6.22. The minimum atomic E-state index is -0.618. The Labute approximate surface area is 116 Å². The lowest BCUT2D eigenvalue weighted by Gasteiger charge is -2.32. The maximum Gasteiger partial charge on any atom is 0.267 e. The number of amides is 1. The summed E-state index contributed by atoms with van der Waals surface area (Å²) in [5, 5.41) is 21.7. The van der Waals surface area contributed by atoms with E-state index in [4.69, 9.17) is 16.9 Å². The van der Waals surface area contributed by atoms with E-state index in [0.29, 0.717) is 36.2 Å². The van der Waals surface area contributed by atoms with Crippen molar-refractivity contribution in [1.82, 2.24) is 0 Å². The molecule has 1 amide bonds. The number of carbonyl (C=O) groups excluding carboxylic acids is 1. The zero-order valence-corrected chi connectivity index (χ0v) is 11.0. The van der Waals surface area contributed by atoms with Gasteiger partial charge in [0, 0.05) is 17.6 Å². The molecular weight excluding hydrogens is 262 g/mol. The Kier molecular flexibility index (Phi) is 2.72. The van der Waals surface area contributed by atoms with Crippen molar-refractivity contribution in [2.45, 2.75) is 30.9 Å². The molecule has 2 aliphatic heterocycles. The van der Waals surface area contributed by atoms with Crippen LogP contribution in [0.1, 0.15) is 18.4 Å². The van der Waals surface area contributed by atoms with Gasteiger partial charge in [-0.05, 0) is 18.9 Å². The molecule has 1 aromatic carbocycles. The molecule has 2 aliphatic rings. The minimum absolute atomic E-state index is 0.0263. The zero-order valence-electron chi connectivity index (χ0n) is 10.2. The molecule has 0 unspecified atom stereocenters. The average Bonchev–Trinajstić information content (AvgIpc) is 2.63. The van der Waals surface area contributed by atoms with Crippen LogP contribution in [0.4, 0.5) is 5.69 Å². The molecule has 3 rings (SSSR count). The molecule has 2 N–H and O–H groups in total. The quantitative estimate of drug-likeness (QED) is 0.714. The van der Waals surface area contributed by atoms with E-state index in [-0.39, 0.29) is 18.4 Å². The molecule has 1 fully saturated rings. The summed E-state index contributed by atoms with van der Waals surface area (Å²) < 4.78 is 0. The molecule has 0 saturated carbocycles. The SMILES string of the molecule is N#CB1CCC2(CC1)C(=O)Nc1cc(O)cc(Cl)c12. The van der Waals surface area contributed by atoms with Crippen LogP contribution in [0.2, 0.25) is 17.7 Å². The van der Waals surface area contributed by atoms with Crippen LogP contribution in [0.3, 0.4) is 0 Å². The van der Waals surface area contributed by atoms with Crippen molar-refractivity contribution in [2.24, 2.45) is 0 Å². The number of fused-ring (bicyclic) bond motifs is 2. The second kappa shape index (κ2) is 4.17. The number of nitriles is 1. The van der Waals surface area contributed by atoms with Crippen molar-refractivity contribution in [3.63, 3.8) is 0 Å². The molecule has 19 heavy (non-hydrogen) atoms. The Morgan fingerprint density at radius 2 is 2.11 bits per heavy atom. The lowest BCUT2D eigenvalue weighted by atomic mass is 9.39. The number of benzene rings is 1. The van der Waals surface area contributed by atoms with E-state index >= 15 is 0 Å². The van der Waals surface area contributed by atoms with Crippen LogP contribution < -0.4 is 5.32 Å². The van der Waals surface area contributed by atoms with Gasteiger partial charge in [-0.1, -0.05) is 24.2 Å². The van der Waals surface area contributed by atoms with Gasteiger partial charge in [0.2, 0.25) is 5.91 Å². The summed E-state index contributed by atoms with van der Waals surface area (Å²) in [6, 6.07) is 3.00. The van der Waals surface area contributed by atoms with Crippen molar-refractivity contribution in [3.8, 4) is 11.7 Å². The number of phenolic OH excluding ortho intramolecular Hbond substituents is 1. The number of nitrogens with zero attached hydrogens (tertiary/aromatic N) is 1. The fourth-order valence-corrected chi connectivity index (χ4v) is 3.64. The molecule has 6 heteroatoms. The Hall–Kier alpha value is -1.67. The lowest BCUT2D eigenvalue weighted by Crippen LogP contribution is -2.40. The molecule has 0 bridgehead atoms. The van der Waals surface area contributed by atoms with Crippen LogP contribution in [-0.4, -0.2) is 17.7 Å². The lowest BCUT2D eigenvalue weighted by molar-refractivity contribution is -0.121. The monoisotopic (exact) mass is 274 g/mol. The predicted molar refractivity (Wildman–Crippen MR) is 73.6 cm³/mol. The molecule has 0 atom stereocenters. The first kappa shape index (κ1) is 12.4. The molecule has 4 nitrogen and oxygen atoms in total. The van der Waals surface area contributed by atoms with Crippen molar-refractivity contribution in [3.05, 3.63) is 22.7 Å². The Morgan fingerprint density at radius 1 is 1.42 bits per heavy atom. The van der Waals surface area contributed by atoms with E-state index in [9.17, 15) is 9.90 Å². The molecule has 1 saturated heterocycles. The van der Waals surface area contributed by atoms with Gasteiger partial charge in [-0.3, -0.25) is 4.79 Å². The van der Waals surface area contributed by atoms with E-state index in [1.54, 1.807) is 0 Å². The number of halogens is 1. The van der Waals surface area contributed by atoms with Gasteiger partial charge in [-0.25, -0.2) is 5.26 Å². The molecular formula is C13H12BClN2O2. The first-order chi connectivity index (χ1) is 9.06. The van der Waals surface area contributed by atoms with Gasteiger partial charge in [0.15, 0.2) is 0 Å². The number of nitrogens with one attached hydrogen (secondary N) is 1. The van der Waals surface area contributed by atoms with Crippen LogP contribution in [-0.2, 0) is 10.2 Å². The average molecular weight is 275 g/mol. The van der Waals surface area contributed by atoms with Crippen molar-refractivity contribution >= 4 is 29.9 Å². The van der Waals surface area contributed by atoms with E-state index in [0.717, 1.165) is 5.56 Å². The predicted octanol–water partition coefficient (Wildman–Crippen LogP) is 2.59. The van der Waals surface area contributed by atoms with Gasteiger partial charge in [0.1, 0.15) is 5.75 Å². The highest BCUT2D eigenvalue weighted by molar-refractivity contribution is 6.67. The Balaban J connectivity index is 2.06. The largest absolute Gasteiger partial charge is 0.508 e. The number of hydrogen-bond donors (Lipinski definition) is 2. The summed E-state index contributed by atoms with van der Waals surface area (Å²) in [5.74, 6) is 2.25.